The number of carbonyl (C=O) groups is 1. The Kier molecular flexibility index (Phi) is 2.02. The summed E-state index contributed by atoms with van der Waals surface area (Å²) in [7, 11) is 0. The summed E-state index contributed by atoms with van der Waals surface area (Å²) < 4.78 is 0. The molecule has 2 aliphatic rings. The molecule has 0 bridgehead atoms. The van der Waals surface area contributed by atoms with E-state index in [1.807, 2.05) is 0 Å². The van der Waals surface area contributed by atoms with E-state index in [0.29, 0.717) is 12.1 Å². The van der Waals surface area contributed by atoms with Crippen molar-refractivity contribution in [2.75, 3.05) is 0 Å². The van der Waals surface area contributed by atoms with Gasteiger partial charge in [-0.15, -0.1) is 0 Å². The quantitative estimate of drug-likeness (QED) is 0.486. The zero-order chi connectivity index (χ0) is 8.55. The van der Waals surface area contributed by atoms with Crippen LogP contribution >= 0.6 is 0 Å². The topological polar surface area (TPSA) is 67.2 Å². The summed E-state index contributed by atoms with van der Waals surface area (Å²) in [6, 6.07) is 0.937. The fourth-order valence-corrected chi connectivity index (χ4v) is 2.17. The van der Waals surface area contributed by atoms with Crippen molar-refractivity contribution in [3.05, 3.63) is 0 Å². The van der Waals surface area contributed by atoms with E-state index in [1.54, 1.807) is 0 Å². The Bertz CT molecular complexity index is 181. The molecule has 4 N–H and O–H groups in total. The number of rotatable bonds is 1. The van der Waals surface area contributed by atoms with Crippen molar-refractivity contribution in [3.8, 4) is 0 Å². The SMILES string of the molecule is NC(=O)C1NC2CCCCC2N1. The first-order valence-corrected chi connectivity index (χ1v) is 4.59. The molecule has 0 aromatic carbocycles. The maximum absolute atomic E-state index is 10.8. The van der Waals surface area contributed by atoms with E-state index in [-0.39, 0.29) is 12.1 Å². The van der Waals surface area contributed by atoms with E-state index >= 15 is 0 Å². The standard InChI is InChI=1S/C8H15N3O/c9-7(12)8-10-5-3-1-2-4-6(5)11-8/h5-6,8,10-11H,1-4H2,(H2,9,12). The number of primary amides is 1. The largest absolute Gasteiger partial charge is 0.367 e. The van der Waals surface area contributed by atoms with Crippen LogP contribution in [-0.4, -0.2) is 24.2 Å². The molecular weight excluding hydrogens is 154 g/mol. The first-order chi connectivity index (χ1) is 5.77. The Morgan fingerprint density at radius 1 is 1.17 bits per heavy atom. The number of fused-ring (bicyclic) bond motifs is 1. The first-order valence-electron chi connectivity index (χ1n) is 4.59. The molecule has 0 spiro atoms. The second-order valence-electron chi connectivity index (χ2n) is 3.67. The van der Waals surface area contributed by atoms with Crippen molar-refractivity contribution >= 4 is 5.91 Å². The predicted octanol–water partition coefficient (Wildman–Crippen LogP) is -0.698. The predicted molar refractivity (Wildman–Crippen MR) is 45.3 cm³/mol. The van der Waals surface area contributed by atoms with E-state index in [0.717, 1.165) is 0 Å². The Morgan fingerprint density at radius 2 is 1.67 bits per heavy atom. The van der Waals surface area contributed by atoms with Gasteiger partial charge in [-0.2, -0.15) is 0 Å². The molecule has 0 radical (unpaired) electrons. The molecule has 1 aliphatic carbocycles. The minimum atomic E-state index is -0.293. The van der Waals surface area contributed by atoms with E-state index < -0.39 is 0 Å². The molecule has 2 unspecified atom stereocenters. The summed E-state index contributed by atoms with van der Waals surface area (Å²) in [5, 5.41) is 6.41. The average molecular weight is 169 g/mol. The van der Waals surface area contributed by atoms with Gasteiger partial charge in [-0.3, -0.25) is 15.4 Å². The molecule has 2 fully saturated rings. The van der Waals surface area contributed by atoms with Crippen molar-refractivity contribution in [2.45, 2.75) is 43.9 Å². The molecule has 12 heavy (non-hydrogen) atoms. The van der Waals surface area contributed by atoms with Crippen LogP contribution in [0.5, 0.6) is 0 Å². The molecule has 4 heteroatoms. The number of amides is 1. The number of hydrogen-bond acceptors (Lipinski definition) is 3. The van der Waals surface area contributed by atoms with E-state index in [4.69, 9.17) is 5.73 Å². The third-order valence-corrected chi connectivity index (χ3v) is 2.81. The highest BCUT2D eigenvalue weighted by molar-refractivity contribution is 5.79. The number of hydrogen-bond donors (Lipinski definition) is 3. The molecule has 1 saturated heterocycles. The highest BCUT2D eigenvalue weighted by Crippen LogP contribution is 2.22. The number of carbonyl (C=O) groups excluding carboxylic acids is 1. The zero-order valence-electron chi connectivity index (χ0n) is 7.05. The van der Waals surface area contributed by atoms with Gasteiger partial charge in [-0.25, -0.2) is 0 Å². The van der Waals surface area contributed by atoms with Crippen molar-refractivity contribution in [1.82, 2.24) is 10.6 Å². The Balaban J connectivity index is 1.98. The lowest BCUT2D eigenvalue weighted by Crippen LogP contribution is -2.45. The monoisotopic (exact) mass is 169 g/mol. The molecule has 1 heterocycles. The van der Waals surface area contributed by atoms with Gasteiger partial charge >= 0.3 is 0 Å². The smallest absolute Gasteiger partial charge is 0.249 e. The highest BCUT2D eigenvalue weighted by Gasteiger charge is 2.36. The average Bonchev–Trinajstić information content (AvgIpc) is 2.46. The second kappa shape index (κ2) is 3.03. The fourth-order valence-electron chi connectivity index (χ4n) is 2.17. The molecule has 1 amide bonds. The molecule has 2 rings (SSSR count). The summed E-state index contributed by atoms with van der Waals surface area (Å²) in [6.45, 7) is 0. The molecule has 2 atom stereocenters. The van der Waals surface area contributed by atoms with Crippen LogP contribution in [0.25, 0.3) is 0 Å². The fraction of sp³-hybridized carbons (Fsp3) is 0.875. The molecular formula is C8H15N3O. The molecule has 0 aromatic heterocycles. The van der Waals surface area contributed by atoms with Crippen LogP contribution in [0.3, 0.4) is 0 Å². The third kappa shape index (κ3) is 1.32. The Labute approximate surface area is 71.9 Å². The zero-order valence-corrected chi connectivity index (χ0v) is 7.05. The Hall–Kier alpha value is -0.610. The molecule has 1 saturated carbocycles. The van der Waals surface area contributed by atoms with Gasteiger partial charge in [-0.1, -0.05) is 12.8 Å². The van der Waals surface area contributed by atoms with E-state index in [1.165, 1.54) is 25.7 Å². The van der Waals surface area contributed by atoms with E-state index in [2.05, 4.69) is 10.6 Å². The second-order valence-corrected chi connectivity index (χ2v) is 3.67. The van der Waals surface area contributed by atoms with Gasteiger partial charge < -0.3 is 5.73 Å². The lowest BCUT2D eigenvalue weighted by molar-refractivity contribution is -0.120. The van der Waals surface area contributed by atoms with Crippen LogP contribution in [-0.2, 0) is 4.79 Å². The lowest BCUT2D eigenvalue weighted by atomic mass is 9.92. The van der Waals surface area contributed by atoms with Gasteiger partial charge in [0.15, 0.2) is 0 Å². The third-order valence-electron chi connectivity index (χ3n) is 2.81. The van der Waals surface area contributed by atoms with Crippen molar-refractivity contribution in [2.24, 2.45) is 5.73 Å². The van der Waals surface area contributed by atoms with Crippen LogP contribution in [0.2, 0.25) is 0 Å². The minimum absolute atomic E-state index is 0.288. The van der Waals surface area contributed by atoms with Crippen molar-refractivity contribution in [3.63, 3.8) is 0 Å². The number of nitrogens with one attached hydrogen (secondary N) is 2. The van der Waals surface area contributed by atoms with Crippen molar-refractivity contribution in [1.29, 1.82) is 0 Å². The van der Waals surface area contributed by atoms with Gasteiger partial charge in [0.05, 0.1) is 0 Å². The van der Waals surface area contributed by atoms with Crippen LogP contribution in [0.15, 0.2) is 0 Å². The van der Waals surface area contributed by atoms with Crippen LogP contribution in [0.1, 0.15) is 25.7 Å². The minimum Gasteiger partial charge on any atom is -0.367 e. The molecule has 4 nitrogen and oxygen atoms in total. The van der Waals surface area contributed by atoms with Gasteiger partial charge in [0.1, 0.15) is 6.17 Å². The summed E-state index contributed by atoms with van der Waals surface area (Å²) in [5.74, 6) is -0.288. The molecule has 68 valence electrons. The van der Waals surface area contributed by atoms with Gasteiger partial charge in [0.25, 0.3) is 0 Å². The molecule has 0 aromatic rings. The van der Waals surface area contributed by atoms with Crippen molar-refractivity contribution < 1.29 is 4.79 Å². The maximum Gasteiger partial charge on any atom is 0.249 e. The first kappa shape index (κ1) is 8.01. The Morgan fingerprint density at radius 3 is 2.08 bits per heavy atom. The highest BCUT2D eigenvalue weighted by atomic mass is 16.1. The summed E-state index contributed by atoms with van der Waals surface area (Å²) in [4.78, 5) is 10.8. The van der Waals surface area contributed by atoms with Crippen LogP contribution in [0, 0.1) is 0 Å². The van der Waals surface area contributed by atoms with Crippen LogP contribution < -0.4 is 16.4 Å². The van der Waals surface area contributed by atoms with E-state index in [9.17, 15) is 4.79 Å². The number of nitrogens with two attached hydrogens (primary N) is 1. The van der Waals surface area contributed by atoms with Gasteiger partial charge in [-0.05, 0) is 12.8 Å². The summed E-state index contributed by atoms with van der Waals surface area (Å²) in [6.07, 6.45) is 4.57. The maximum atomic E-state index is 10.8. The summed E-state index contributed by atoms with van der Waals surface area (Å²) in [5.41, 5.74) is 5.19. The van der Waals surface area contributed by atoms with Gasteiger partial charge in [0.2, 0.25) is 5.91 Å². The lowest BCUT2D eigenvalue weighted by Gasteiger charge is -2.23. The summed E-state index contributed by atoms with van der Waals surface area (Å²) >= 11 is 0. The van der Waals surface area contributed by atoms with Gasteiger partial charge in [0, 0.05) is 12.1 Å². The van der Waals surface area contributed by atoms with Crippen LogP contribution in [0.4, 0.5) is 0 Å². The molecule has 1 aliphatic heterocycles. The normalized spacial score (nSPS) is 40.8.